The minimum atomic E-state index is -3.38. The van der Waals surface area contributed by atoms with Gasteiger partial charge in [-0.05, 0) is 24.3 Å². The van der Waals surface area contributed by atoms with Crippen LogP contribution < -0.4 is 14.5 Å². The van der Waals surface area contributed by atoms with E-state index in [9.17, 15) is 8.42 Å². The Kier molecular flexibility index (Phi) is 3.22. The molecule has 3 rings (SSSR count). The molecule has 2 N–H and O–H groups in total. The van der Waals surface area contributed by atoms with Crippen LogP contribution in [-0.2, 0) is 10.0 Å². The van der Waals surface area contributed by atoms with Crippen LogP contribution in [0.1, 0.15) is 0 Å². The number of benzene rings is 1. The van der Waals surface area contributed by atoms with Crippen molar-refractivity contribution in [2.45, 2.75) is 4.90 Å². The van der Waals surface area contributed by atoms with E-state index in [0.717, 1.165) is 19.8 Å². The van der Waals surface area contributed by atoms with E-state index < -0.39 is 10.0 Å². The standard InChI is InChI=1S/C12H17N3O3S/c1-18-11-2-4-12(5-3-11)19(16,17)15-9-13-6-7-14(8-13)10-15/h2-5H,6-10H2,1H3/p+2. The summed E-state index contributed by atoms with van der Waals surface area (Å²) in [5, 5.41) is 0. The highest BCUT2D eigenvalue weighted by Crippen LogP contribution is 2.18. The zero-order valence-electron chi connectivity index (χ0n) is 10.9. The molecule has 1 aromatic carbocycles. The summed E-state index contributed by atoms with van der Waals surface area (Å²) >= 11 is 0. The van der Waals surface area contributed by atoms with Gasteiger partial charge in [0.2, 0.25) is 6.67 Å². The summed E-state index contributed by atoms with van der Waals surface area (Å²) in [5.41, 5.74) is 0. The van der Waals surface area contributed by atoms with Crippen molar-refractivity contribution in [3.63, 3.8) is 0 Å². The maximum Gasteiger partial charge on any atom is 0.252 e. The van der Waals surface area contributed by atoms with Gasteiger partial charge in [0.15, 0.2) is 13.3 Å². The summed E-state index contributed by atoms with van der Waals surface area (Å²) in [5.74, 6) is 0.668. The normalized spacial score (nSPS) is 27.4. The van der Waals surface area contributed by atoms with Crippen LogP contribution in [0.2, 0.25) is 0 Å². The zero-order valence-corrected chi connectivity index (χ0v) is 11.7. The Bertz CT molecular complexity index is 546. The van der Waals surface area contributed by atoms with Crippen LogP contribution in [-0.4, -0.2) is 52.9 Å². The summed E-state index contributed by atoms with van der Waals surface area (Å²) in [6.07, 6.45) is 0. The molecule has 0 aromatic heterocycles. The second-order valence-electron chi connectivity index (χ2n) is 5.13. The van der Waals surface area contributed by atoms with Crippen LogP contribution in [0.15, 0.2) is 29.2 Å². The number of rotatable bonds is 3. The first-order valence-electron chi connectivity index (χ1n) is 6.41. The van der Waals surface area contributed by atoms with Crippen molar-refractivity contribution in [2.24, 2.45) is 0 Å². The molecule has 104 valence electrons. The van der Waals surface area contributed by atoms with E-state index >= 15 is 0 Å². The van der Waals surface area contributed by atoms with Crippen molar-refractivity contribution in [1.82, 2.24) is 4.31 Å². The molecule has 2 unspecified atom stereocenters. The third-order valence-electron chi connectivity index (χ3n) is 3.83. The molecule has 6 nitrogen and oxygen atoms in total. The number of methoxy groups -OCH3 is 1. The molecule has 2 saturated heterocycles. The van der Waals surface area contributed by atoms with Gasteiger partial charge >= 0.3 is 0 Å². The Hall–Kier alpha value is -1.15. The third kappa shape index (κ3) is 2.34. The largest absolute Gasteiger partial charge is 0.497 e. The van der Waals surface area contributed by atoms with Gasteiger partial charge in [-0.1, -0.05) is 4.31 Å². The summed E-state index contributed by atoms with van der Waals surface area (Å²) in [4.78, 5) is 3.03. The topological polar surface area (TPSA) is 55.5 Å². The predicted octanol–water partition coefficient (Wildman–Crippen LogP) is -2.64. The first kappa shape index (κ1) is 12.9. The summed E-state index contributed by atoms with van der Waals surface area (Å²) < 4.78 is 31.8. The van der Waals surface area contributed by atoms with E-state index in [1.165, 1.54) is 9.80 Å². The third-order valence-corrected chi connectivity index (χ3v) is 5.64. The van der Waals surface area contributed by atoms with Crippen LogP contribution in [0.3, 0.4) is 0 Å². The van der Waals surface area contributed by atoms with Crippen molar-refractivity contribution < 1.29 is 23.0 Å². The fourth-order valence-electron chi connectivity index (χ4n) is 2.78. The molecule has 1 aromatic rings. The molecule has 19 heavy (non-hydrogen) atoms. The maximum absolute atomic E-state index is 12.6. The second-order valence-corrected chi connectivity index (χ2v) is 7.06. The number of nitrogens with zero attached hydrogens (tertiary/aromatic N) is 1. The smallest absolute Gasteiger partial charge is 0.252 e. The molecule has 2 aliphatic heterocycles. The van der Waals surface area contributed by atoms with Gasteiger partial charge in [0.1, 0.15) is 18.8 Å². The molecule has 0 aliphatic carbocycles. The Balaban J connectivity index is 1.85. The van der Waals surface area contributed by atoms with Crippen molar-refractivity contribution in [3.8, 4) is 5.75 Å². The number of hydrogen-bond donors (Lipinski definition) is 2. The minimum Gasteiger partial charge on any atom is -0.497 e. The SMILES string of the molecule is COc1ccc(S(=O)(=O)N2C[NH+]3CC[NH+](C2)C3)cc1. The van der Waals surface area contributed by atoms with Crippen LogP contribution in [0.5, 0.6) is 5.75 Å². The zero-order chi connectivity index (χ0) is 13.5. The van der Waals surface area contributed by atoms with Gasteiger partial charge < -0.3 is 4.74 Å². The molecule has 7 heteroatoms. The molecule has 0 saturated carbocycles. The average Bonchev–Trinajstić information content (AvgIpc) is 2.77. The molecular weight excluding hydrogens is 266 g/mol. The highest BCUT2D eigenvalue weighted by Gasteiger charge is 2.41. The van der Waals surface area contributed by atoms with E-state index in [0.29, 0.717) is 24.0 Å². The van der Waals surface area contributed by atoms with E-state index in [-0.39, 0.29) is 0 Å². The van der Waals surface area contributed by atoms with Gasteiger partial charge in [0.25, 0.3) is 10.0 Å². The first-order valence-corrected chi connectivity index (χ1v) is 7.85. The number of hydrogen-bond acceptors (Lipinski definition) is 3. The van der Waals surface area contributed by atoms with Gasteiger partial charge in [0.05, 0.1) is 12.0 Å². The lowest BCUT2D eigenvalue weighted by Crippen LogP contribution is -3.28. The molecular formula is C12H19N3O3S+2. The van der Waals surface area contributed by atoms with Crippen molar-refractivity contribution in [2.75, 3.05) is 40.2 Å². The molecule has 0 radical (unpaired) electrons. The molecule has 2 bridgehead atoms. The monoisotopic (exact) mass is 285 g/mol. The number of fused-ring (bicyclic) bond motifs is 2. The molecule has 0 amide bonds. The molecule has 0 spiro atoms. The lowest BCUT2D eigenvalue weighted by molar-refractivity contribution is -1.06. The van der Waals surface area contributed by atoms with Gasteiger partial charge in [-0.15, -0.1) is 0 Å². The number of nitrogens with one attached hydrogen (secondary N) is 2. The summed E-state index contributed by atoms with van der Waals surface area (Å²) in [6.45, 7) is 4.32. The fourth-order valence-corrected chi connectivity index (χ4v) is 4.26. The van der Waals surface area contributed by atoms with Crippen LogP contribution >= 0.6 is 0 Å². The van der Waals surface area contributed by atoms with Gasteiger partial charge in [-0.2, -0.15) is 0 Å². The van der Waals surface area contributed by atoms with Crippen molar-refractivity contribution in [3.05, 3.63) is 24.3 Å². The number of ether oxygens (including phenoxy) is 1. The highest BCUT2D eigenvalue weighted by atomic mass is 32.2. The first-order chi connectivity index (χ1) is 9.09. The van der Waals surface area contributed by atoms with Crippen LogP contribution in [0.4, 0.5) is 0 Å². The Morgan fingerprint density at radius 3 is 2.21 bits per heavy atom. The van der Waals surface area contributed by atoms with E-state index in [1.807, 2.05) is 0 Å². The fraction of sp³-hybridized carbons (Fsp3) is 0.500. The highest BCUT2D eigenvalue weighted by molar-refractivity contribution is 7.89. The van der Waals surface area contributed by atoms with Crippen molar-refractivity contribution >= 4 is 10.0 Å². The molecule has 2 aliphatic rings. The molecule has 2 heterocycles. The number of sulfonamides is 1. The predicted molar refractivity (Wildman–Crippen MR) is 68.3 cm³/mol. The average molecular weight is 285 g/mol. The summed E-state index contributed by atoms with van der Waals surface area (Å²) in [7, 11) is -1.81. The molecule has 2 atom stereocenters. The lowest BCUT2D eigenvalue weighted by atomic mass is 10.3. The van der Waals surface area contributed by atoms with Gasteiger partial charge in [-0.3, -0.25) is 9.80 Å². The van der Waals surface area contributed by atoms with E-state index in [1.54, 1.807) is 35.7 Å². The summed E-state index contributed by atoms with van der Waals surface area (Å²) in [6, 6.07) is 6.59. The maximum atomic E-state index is 12.6. The van der Waals surface area contributed by atoms with E-state index in [4.69, 9.17) is 4.74 Å². The molecule has 2 fully saturated rings. The minimum absolute atomic E-state index is 0.343. The Labute approximate surface area is 113 Å². The lowest BCUT2D eigenvalue weighted by Gasteiger charge is -2.28. The Morgan fingerprint density at radius 2 is 1.68 bits per heavy atom. The number of quaternary nitrogens is 2. The Morgan fingerprint density at radius 1 is 1.11 bits per heavy atom. The van der Waals surface area contributed by atoms with Crippen molar-refractivity contribution in [1.29, 1.82) is 0 Å². The quantitative estimate of drug-likeness (QED) is 0.638. The van der Waals surface area contributed by atoms with E-state index in [2.05, 4.69) is 0 Å². The van der Waals surface area contributed by atoms with Crippen LogP contribution in [0.25, 0.3) is 0 Å². The second kappa shape index (κ2) is 4.75. The van der Waals surface area contributed by atoms with Crippen LogP contribution in [0, 0.1) is 0 Å². The van der Waals surface area contributed by atoms with Gasteiger partial charge in [-0.25, -0.2) is 8.42 Å². The van der Waals surface area contributed by atoms with Gasteiger partial charge in [0, 0.05) is 0 Å².